The number of aryl methyl sites for hydroxylation is 1. The van der Waals surface area contributed by atoms with Gasteiger partial charge < -0.3 is 9.88 Å². The van der Waals surface area contributed by atoms with Crippen LogP contribution in [0.2, 0.25) is 0 Å². The summed E-state index contributed by atoms with van der Waals surface area (Å²) >= 11 is 0. The minimum absolute atomic E-state index is 0.380. The summed E-state index contributed by atoms with van der Waals surface area (Å²) in [6.07, 6.45) is -1.18. The van der Waals surface area contributed by atoms with Gasteiger partial charge >= 0.3 is 6.18 Å². The number of rotatable bonds is 5. The number of benzene rings is 3. The van der Waals surface area contributed by atoms with Gasteiger partial charge in [0.25, 0.3) is 0 Å². The molecule has 0 saturated carbocycles. The van der Waals surface area contributed by atoms with Gasteiger partial charge in [-0.2, -0.15) is 13.2 Å². The van der Waals surface area contributed by atoms with Gasteiger partial charge in [-0.25, -0.2) is 9.97 Å². The summed E-state index contributed by atoms with van der Waals surface area (Å²) in [5.74, 6) is 0.621. The Morgan fingerprint density at radius 3 is 2.38 bits per heavy atom. The van der Waals surface area contributed by atoms with Gasteiger partial charge in [-0.3, -0.25) is 0 Å². The first-order chi connectivity index (χ1) is 16.4. The molecule has 0 radical (unpaired) electrons. The fourth-order valence-electron chi connectivity index (χ4n) is 3.95. The van der Waals surface area contributed by atoms with Crippen LogP contribution in [0.25, 0.3) is 27.8 Å². The standard InChI is InChI=1S/C27H21F3N4/c1-18-10-12-19(13-11-18)15-31-25-24-23(20-6-3-2-4-7-20)16-34(26(24)33-17-32-25)22-9-5-8-21(14-22)27(28,29)30/h2-14,16-17H,15H2,1H3,(H,31,32,33). The van der Waals surface area contributed by atoms with Crippen LogP contribution in [0.1, 0.15) is 16.7 Å². The number of hydrogen-bond acceptors (Lipinski definition) is 3. The quantitative estimate of drug-likeness (QED) is 0.308. The average Bonchev–Trinajstić information content (AvgIpc) is 3.24. The van der Waals surface area contributed by atoms with Crippen molar-refractivity contribution in [2.75, 3.05) is 5.32 Å². The SMILES string of the molecule is Cc1ccc(CNc2ncnc3c2c(-c2ccccc2)cn3-c2cccc(C(F)(F)F)c2)cc1. The zero-order valence-electron chi connectivity index (χ0n) is 18.3. The normalized spacial score (nSPS) is 11.6. The molecule has 34 heavy (non-hydrogen) atoms. The minimum atomic E-state index is -4.43. The number of nitrogens with one attached hydrogen (secondary N) is 1. The van der Waals surface area contributed by atoms with E-state index in [9.17, 15) is 13.2 Å². The van der Waals surface area contributed by atoms with Crippen molar-refractivity contribution >= 4 is 16.9 Å². The van der Waals surface area contributed by atoms with Crippen LogP contribution in [-0.4, -0.2) is 14.5 Å². The van der Waals surface area contributed by atoms with E-state index in [0.717, 1.165) is 34.2 Å². The third kappa shape index (κ3) is 4.24. The van der Waals surface area contributed by atoms with Crippen LogP contribution in [0.3, 0.4) is 0 Å². The molecule has 0 spiro atoms. The Bertz CT molecular complexity index is 1440. The van der Waals surface area contributed by atoms with E-state index < -0.39 is 11.7 Å². The molecular formula is C27H21F3N4. The fourth-order valence-corrected chi connectivity index (χ4v) is 3.95. The lowest BCUT2D eigenvalue weighted by Crippen LogP contribution is -2.06. The Balaban J connectivity index is 1.65. The van der Waals surface area contributed by atoms with E-state index in [1.54, 1.807) is 10.6 Å². The first kappa shape index (κ1) is 21.7. The highest BCUT2D eigenvalue weighted by molar-refractivity contribution is 6.02. The van der Waals surface area contributed by atoms with Gasteiger partial charge in [0.05, 0.1) is 10.9 Å². The first-order valence-corrected chi connectivity index (χ1v) is 10.8. The van der Waals surface area contributed by atoms with Crippen LogP contribution in [-0.2, 0) is 12.7 Å². The highest BCUT2D eigenvalue weighted by Crippen LogP contribution is 2.37. The van der Waals surface area contributed by atoms with Gasteiger partial charge in [0.2, 0.25) is 0 Å². The van der Waals surface area contributed by atoms with Crippen molar-refractivity contribution in [1.29, 1.82) is 0 Å². The van der Waals surface area contributed by atoms with E-state index in [4.69, 9.17) is 0 Å². The van der Waals surface area contributed by atoms with Gasteiger partial charge in [-0.05, 0) is 36.2 Å². The van der Waals surface area contributed by atoms with Crippen molar-refractivity contribution in [1.82, 2.24) is 14.5 Å². The molecule has 0 aliphatic heterocycles. The van der Waals surface area contributed by atoms with Crippen LogP contribution in [0.5, 0.6) is 0 Å². The van der Waals surface area contributed by atoms with Gasteiger partial charge in [0.15, 0.2) is 5.65 Å². The third-order valence-electron chi connectivity index (χ3n) is 5.70. The van der Waals surface area contributed by atoms with Crippen LogP contribution in [0.4, 0.5) is 19.0 Å². The molecule has 3 aromatic carbocycles. The third-order valence-corrected chi connectivity index (χ3v) is 5.70. The molecule has 0 fully saturated rings. The lowest BCUT2D eigenvalue weighted by Gasteiger charge is -2.11. The maximum Gasteiger partial charge on any atom is 0.416 e. The molecule has 5 rings (SSSR count). The topological polar surface area (TPSA) is 42.7 Å². The van der Waals surface area contributed by atoms with E-state index in [0.29, 0.717) is 23.7 Å². The Labute approximate surface area is 194 Å². The molecular weight excluding hydrogens is 437 g/mol. The molecule has 0 saturated heterocycles. The summed E-state index contributed by atoms with van der Waals surface area (Å²) in [4.78, 5) is 8.93. The summed E-state index contributed by atoms with van der Waals surface area (Å²) in [5, 5.41) is 4.14. The van der Waals surface area contributed by atoms with Crippen molar-refractivity contribution in [3.05, 3.63) is 108 Å². The Kier molecular flexibility index (Phi) is 5.53. The van der Waals surface area contributed by atoms with Crippen molar-refractivity contribution in [3.63, 3.8) is 0 Å². The van der Waals surface area contributed by atoms with E-state index >= 15 is 0 Å². The van der Waals surface area contributed by atoms with Gasteiger partial charge in [-0.15, -0.1) is 0 Å². The van der Waals surface area contributed by atoms with Crippen molar-refractivity contribution < 1.29 is 13.2 Å². The largest absolute Gasteiger partial charge is 0.416 e. The molecule has 0 amide bonds. The highest BCUT2D eigenvalue weighted by atomic mass is 19.4. The predicted octanol–water partition coefficient (Wildman–Crippen LogP) is 7.03. The van der Waals surface area contributed by atoms with Crippen LogP contribution >= 0.6 is 0 Å². The zero-order valence-corrected chi connectivity index (χ0v) is 18.3. The Hall–Kier alpha value is -4.13. The minimum Gasteiger partial charge on any atom is -0.365 e. The monoisotopic (exact) mass is 458 g/mol. The molecule has 7 heteroatoms. The number of halogens is 3. The van der Waals surface area contributed by atoms with Gasteiger partial charge in [-0.1, -0.05) is 66.2 Å². The molecule has 0 atom stereocenters. The molecule has 1 N–H and O–H groups in total. The van der Waals surface area contributed by atoms with Crippen LogP contribution in [0, 0.1) is 6.92 Å². The second-order valence-corrected chi connectivity index (χ2v) is 8.09. The highest BCUT2D eigenvalue weighted by Gasteiger charge is 2.30. The number of hydrogen-bond donors (Lipinski definition) is 1. The molecule has 170 valence electrons. The van der Waals surface area contributed by atoms with Crippen LogP contribution in [0.15, 0.2) is 91.4 Å². The maximum absolute atomic E-state index is 13.4. The molecule has 0 aliphatic carbocycles. The molecule has 2 heterocycles. The molecule has 0 unspecified atom stereocenters. The van der Waals surface area contributed by atoms with E-state index in [1.807, 2.05) is 67.7 Å². The number of nitrogens with zero attached hydrogens (tertiary/aromatic N) is 3. The first-order valence-electron chi connectivity index (χ1n) is 10.8. The zero-order chi connectivity index (χ0) is 23.7. The molecule has 2 aromatic heterocycles. The second-order valence-electron chi connectivity index (χ2n) is 8.09. The second kappa shape index (κ2) is 8.67. The summed E-state index contributed by atoms with van der Waals surface area (Å²) in [6, 6.07) is 23.1. The van der Waals surface area contributed by atoms with Crippen molar-refractivity contribution in [2.45, 2.75) is 19.6 Å². The van der Waals surface area contributed by atoms with E-state index in [-0.39, 0.29) is 0 Å². The smallest absolute Gasteiger partial charge is 0.365 e. The summed E-state index contributed by atoms with van der Waals surface area (Å²) < 4.78 is 41.8. The lowest BCUT2D eigenvalue weighted by molar-refractivity contribution is -0.137. The number of aromatic nitrogens is 3. The van der Waals surface area contributed by atoms with Gasteiger partial charge in [0, 0.05) is 24.0 Å². The van der Waals surface area contributed by atoms with Crippen molar-refractivity contribution in [3.8, 4) is 16.8 Å². The average molecular weight is 458 g/mol. The molecule has 0 aliphatic rings. The Morgan fingerprint density at radius 2 is 1.65 bits per heavy atom. The summed E-state index contributed by atoms with van der Waals surface area (Å²) in [7, 11) is 0. The van der Waals surface area contributed by atoms with Crippen LogP contribution < -0.4 is 5.32 Å². The molecule has 5 aromatic rings. The summed E-state index contributed by atoms with van der Waals surface area (Å²) in [6.45, 7) is 2.59. The van der Waals surface area contributed by atoms with E-state index in [2.05, 4.69) is 15.3 Å². The van der Waals surface area contributed by atoms with E-state index in [1.165, 1.54) is 18.0 Å². The summed E-state index contributed by atoms with van der Waals surface area (Å²) in [5.41, 5.74) is 4.23. The maximum atomic E-state index is 13.4. The molecule has 0 bridgehead atoms. The molecule has 4 nitrogen and oxygen atoms in total. The Morgan fingerprint density at radius 1 is 0.882 bits per heavy atom. The fraction of sp³-hybridized carbons (Fsp3) is 0.111. The van der Waals surface area contributed by atoms with Crippen molar-refractivity contribution in [2.24, 2.45) is 0 Å². The van der Waals surface area contributed by atoms with Gasteiger partial charge in [0.1, 0.15) is 12.1 Å². The number of anilines is 1. The number of fused-ring (bicyclic) bond motifs is 1. The lowest BCUT2D eigenvalue weighted by atomic mass is 10.1. The number of alkyl halides is 3. The predicted molar refractivity (Wildman–Crippen MR) is 128 cm³/mol.